The molecule has 0 amide bonds. The van der Waals surface area contributed by atoms with E-state index in [1.807, 2.05) is 6.07 Å². The molecule has 2 nitrogen and oxygen atoms in total. The average Bonchev–Trinajstić information content (AvgIpc) is 2.61. The summed E-state index contributed by atoms with van der Waals surface area (Å²) in [6, 6.07) is 4.88. The Labute approximate surface area is 102 Å². The van der Waals surface area contributed by atoms with Crippen molar-refractivity contribution in [1.82, 2.24) is 0 Å². The Hall–Kier alpha value is -1.25. The predicted octanol–water partition coefficient (Wildman–Crippen LogP) is 3.50. The number of halogens is 1. The Kier molecular flexibility index (Phi) is 2.60. The maximum Gasteiger partial charge on any atom is 0.148 e. The van der Waals surface area contributed by atoms with Crippen molar-refractivity contribution in [2.75, 3.05) is 17.6 Å². The van der Waals surface area contributed by atoms with Gasteiger partial charge in [0.05, 0.1) is 11.4 Å². The van der Waals surface area contributed by atoms with Crippen LogP contribution >= 0.6 is 0 Å². The van der Waals surface area contributed by atoms with E-state index in [-0.39, 0.29) is 11.5 Å². The van der Waals surface area contributed by atoms with E-state index in [2.05, 4.69) is 33.0 Å². The smallest absolute Gasteiger partial charge is 0.148 e. The molecule has 94 valence electrons. The van der Waals surface area contributed by atoms with Gasteiger partial charge in [-0.05, 0) is 28.9 Å². The molecule has 1 aliphatic rings. The van der Waals surface area contributed by atoms with E-state index in [0.29, 0.717) is 22.4 Å². The molecule has 17 heavy (non-hydrogen) atoms. The van der Waals surface area contributed by atoms with Gasteiger partial charge in [0.15, 0.2) is 0 Å². The summed E-state index contributed by atoms with van der Waals surface area (Å²) in [6.45, 7) is 9.93. The topological polar surface area (TPSA) is 38.0 Å². The Morgan fingerprint density at radius 3 is 2.35 bits per heavy atom. The molecule has 1 fully saturated rings. The zero-order chi connectivity index (χ0) is 12.8. The minimum Gasteiger partial charge on any atom is -0.395 e. The van der Waals surface area contributed by atoms with Crippen molar-refractivity contribution < 1.29 is 4.39 Å². The monoisotopic (exact) mass is 236 g/mol. The summed E-state index contributed by atoms with van der Waals surface area (Å²) in [5.41, 5.74) is 7.27. The van der Waals surface area contributed by atoms with Gasteiger partial charge in [0.1, 0.15) is 5.82 Å². The number of anilines is 2. The minimum atomic E-state index is -0.357. The van der Waals surface area contributed by atoms with Crippen molar-refractivity contribution in [3.63, 3.8) is 0 Å². The molecule has 0 aliphatic heterocycles. The highest BCUT2D eigenvalue weighted by Crippen LogP contribution is 2.68. The van der Waals surface area contributed by atoms with E-state index >= 15 is 0 Å². The van der Waals surface area contributed by atoms with Crippen molar-refractivity contribution in [3.05, 3.63) is 24.0 Å². The van der Waals surface area contributed by atoms with E-state index in [0.717, 1.165) is 6.54 Å². The molecule has 0 bridgehead atoms. The molecule has 1 saturated carbocycles. The lowest BCUT2D eigenvalue weighted by atomic mass is 10.0. The Morgan fingerprint density at radius 2 is 1.82 bits per heavy atom. The molecule has 0 atom stereocenters. The van der Waals surface area contributed by atoms with Gasteiger partial charge in [0, 0.05) is 6.54 Å². The third-order valence-electron chi connectivity index (χ3n) is 4.87. The highest BCUT2D eigenvalue weighted by molar-refractivity contribution is 5.66. The van der Waals surface area contributed by atoms with Gasteiger partial charge in [-0.25, -0.2) is 4.39 Å². The number of nitrogens with two attached hydrogens (primary N) is 1. The third-order valence-corrected chi connectivity index (χ3v) is 4.87. The largest absolute Gasteiger partial charge is 0.395 e. The van der Waals surface area contributed by atoms with Crippen LogP contribution in [0.3, 0.4) is 0 Å². The van der Waals surface area contributed by atoms with Crippen molar-refractivity contribution in [3.8, 4) is 0 Å². The van der Waals surface area contributed by atoms with Crippen molar-refractivity contribution in [2.24, 2.45) is 16.7 Å². The fourth-order valence-corrected chi connectivity index (χ4v) is 2.75. The van der Waals surface area contributed by atoms with E-state index < -0.39 is 0 Å². The zero-order valence-electron chi connectivity index (χ0n) is 11.0. The number of nitrogens with one attached hydrogen (secondary N) is 1. The van der Waals surface area contributed by atoms with Crippen LogP contribution in [0.2, 0.25) is 0 Å². The summed E-state index contributed by atoms with van der Waals surface area (Å²) < 4.78 is 13.3. The number of hydrogen-bond acceptors (Lipinski definition) is 2. The Morgan fingerprint density at radius 1 is 1.24 bits per heavy atom. The molecular formula is C14H21FN2. The number of para-hydroxylation sites is 1. The standard InChI is InChI=1S/C14H21FN2/c1-13(2)11(14(13,3)4)8-17-10-7-5-6-9(15)12(10)16/h5-7,11,17H,8,16H2,1-4H3. The van der Waals surface area contributed by atoms with Gasteiger partial charge in [-0.15, -0.1) is 0 Å². The Bertz CT molecular complexity index is 424. The quantitative estimate of drug-likeness (QED) is 0.788. The lowest BCUT2D eigenvalue weighted by Gasteiger charge is -2.10. The van der Waals surface area contributed by atoms with Gasteiger partial charge in [-0.1, -0.05) is 33.8 Å². The summed E-state index contributed by atoms with van der Waals surface area (Å²) in [5.74, 6) is 0.238. The highest BCUT2D eigenvalue weighted by atomic mass is 19.1. The van der Waals surface area contributed by atoms with E-state index in [1.165, 1.54) is 6.07 Å². The minimum absolute atomic E-state index is 0.212. The highest BCUT2D eigenvalue weighted by Gasteiger charge is 2.64. The number of hydrogen-bond donors (Lipinski definition) is 2. The maximum atomic E-state index is 13.3. The van der Waals surface area contributed by atoms with Gasteiger partial charge < -0.3 is 11.1 Å². The van der Waals surface area contributed by atoms with Crippen LogP contribution < -0.4 is 11.1 Å². The van der Waals surface area contributed by atoms with E-state index in [4.69, 9.17) is 5.73 Å². The van der Waals surface area contributed by atoms with Crippen LogP contribution in [-0.2, 0) is 0 Å². The first kappa shape index (κ1) is 12.2. The molecule has 2 rings (SSSR count). The number of nitrogen functional groups attached to an aromatic ring is 1. The van der Waals surface area contributed by atoms with Crippen LogP contribution in [-0.4, -0.2) is 6.54 Å². The van der Waals surface area contributed by atoms with Crippen molar-refractivity contribution in [1.29, 1.82) is 0 Å². The first-order valence-electron chi connectivity index (χ1n) is 6.06. The summed E-state index contributed by atoms with van der Waals surface area (Å²) in [4.78, 5) is 0. The van der Waals surface area contributed by atoms with Crippen molar-refractivity contribution >= 4 is 11.4 Å². The molecule has 3 heteroatoms. The van der Waals surface area contributed by atoms with Gasteiger partial charge in [0.25, 0.3) is 0 Å². The lowest BCUT2D eigenvalue weighted by molar-refractivity contribution is 0.457. The molecule has 1 aromatic carbocycles. The fraction of sp³-hybridized carbons (Fsp3) is 0.571. The number of rotatable bonds is 3. The first-order chi connectivity index (χ1) is 7.78. The molecule has 0 radical (unpaired) electrons. The summed E-state index contributed by atoms with van der Waals surface area (Å²) in [6.07, 6.45) is 0. The molecule has 0 saturated heterocycles. The summed E-state index contributed by atoms with van der Waals surface area (Å²) in [7, 11) is 0. The molecule has 0 aromatic heterocycles. The molecule has 3 N–H and O–H groups in total. The maximum absolute atomic E-state index is 13.3. The van der Waals surface area contributed by atoms with Crippen molar-refractivity contribution in [2.45, 2.75) is 27.7 Å². The molecule has 0 unspecified atom stereocenters. The Balaban J connectivity index is 2.03. The summed E-state index contributed by atoms with van der Waals surface area (Å²) in [5, 5.41) is 3.26. The van der Waals surface area contributed by atoms with Crippen LogP contribution in [0.4, 0.5) is 15.8 Å². The normalized spacial score (nSPS) is 21.2. The van der Waals surface area contributed by atoms with Gasteiger partial charge in [-0.2, -0.15) is 0 Å². The van der Waals surface area contributed by atoms with Gasteiger partial charge in [0.2, 0.25) is 0 Å². The average molecular weight is 236 g/mol. The summed E-state index contributed by atoms with van der Waals surface area (Å²) >= 11 is 0. The second kappa shape index (κ2) is 3.62. The van der Waals surface area contributed by atoms with Gasteiger partial charge >= 0.3 is 0 Å². The second-order valence-corrected chi connectivity index (χ2v) is 6.08. The van der Waals surface area contributed by atoms with E-state index in [9.17, 15) is 4.39 Å². The van der Waals surface area contributed by atoms with Crippen LogP contribution in [0.1, 0.15) is 27.7 Å². The van der Waals surface area contributed by atoms with Crippen LogP contribution in [0, 0.1) is 22.6 Å². The second-order valence-electron chi connectivity index (χ2n) is 6.08. The number of benzene rings is 1. The molecule has 0 spiro atoms. The van der Waals surface area contributed by atoms with Crippen LogP contribution in [0.5, 0.6) is 0 Å². The SMILES string of the molecule is CC1(C)C(CNc2cccc(F)c2N)C1(C)C. The molecule has 1 aromatic rings. The molecule has 0 heterocycles. The van der Waals surface area contributed by atoms with Crippen LogP contribution in [0.15, 0.2) is 18.2 Å². The molecule has 1 aliphatic carbocycles. The predicted molar refractivity (Wildman–Crippen MR) is 70.4 cm³/mol. The third kappa shape index (κ3) is 1.78. The van der Waals surface area contributed by atoms with Gasteiger partial charge in [-0.3, -0.25) is 0 Å². The van der Waals surface area contributed by atoms with Crippen LogP contribution in [0.25, 0.3) is 0 Å². The lowest BCUT2D eigenvalue weighted by Crippen LogP contribution is -2.10. The zero-order valence-corrected chi connectivity index (χ0v) is 11.0. The van der Waals surface area contributed by atoms with E-state index in [1.54, 1.807) is 6.07 Å². The first-order valence-corrected chi connectivity index (χ1v) is 6.06. The molecular weight excluding hydrogens is 215 g/mol. The fourth-order valence-electron chi connectivity index (χ4n) is 2.75.